The maximum Gasteiger partial charge on any atom is 0.257 e. The second-order valence-corrected chi connectivity index (χ2v) is 9.08. The minimum atomic E-state index is -0.331. The Labute approximate surface area is 199 Å². The van der Waals surface area contributed by atoms with Crippen molar-refractivity contribution >= 4 is 57.8 Å². The van der Waals surface area contributed by atoms with Gasteiger partial charge in [-0.15, -0.1) is 11.3 Å². The first kappa shape index (κ1) is 22.5. The first-order valence-electron chi connectivity index (χ1n) is 9.81. The molecule has 2 aromatic heterocycles. The highest BCUT2D eigenvalue weighted by Crippen LogP contribution is 2.34. The lowest BCUT2D eigenvalue weighted by Gasteiger charge is -2.23. The molecule has 0 aliphatic carbocycles. The first-order valence-corrected chi connectivity index (χ1v) is 11.4. The van der Waals surface area contributed by atoms with Gasteiger partial charge in [-0.2, -0.15) is 5.10 Å². The molecule has 3 heterocycles. The van der Waals surface area contributed by atoms with Crippen molar-refractivity contribution in [2.24, 2.45) is 5.10 Å². The van der Waals surface area contributed by atoms with Gasteiger partial charge in [0.05, 0.1) is 45.7 Å². The zero-order valence-corrected chi connectivity index (χ0v) is 19.5. The highest BCUT2D eigenvalue weighted by Gasteiger charge is 2.35. The van der Waals surface area contributed by atoms with E-state index in [9.17, 15) is 9.59 Å². The Morgan fingerprint density at radius 2 is 1.97 bits per heavy atom. The average Bonchev–Trinajstić information content (AvgIpc) is 3.51. The smallest absolute Gasteiger partial charge is 0.257 e. The number of halogens is 2. The summed E-state index contributed by atoms with van der Waals surface area (Å²) in [4.78, 5) is 28.2. The van der Waals surface area contributed by atoms with Crippen LogP contribution in [0.2, 0.25) is 10.0 Å². The zero-order valence-electron chi connectivity index (χ0n) is 17.1. The summed E-state index contributed by atoms with van der Waals surface area (Å²) < 4.78 is 5.56. The molecule has 0 bridgehead atoms. The largest absolute Gasteiger partial charge is 0.467 e. The van der Waals surface area contributed by atoms with Crippen molar-refractivity contribution in [2.75, 3.05) is 25.5 Å². The van der Waals surface area contributed by atoms with Crippen LogP contribution in [-0.2, 0) is 9.59 Å². The van der Waals surface area contributed by atoms with Gasteiger partial charge in [0.25, 0.3) is 5.91 Å². The van der Waals surface area contributed by atoms with E-state index in [-0.39, 0.29) is 30.9 Å². The van der Waals surface area contributed by atoms with Gasteiger partial charge in [0.15, 0.2) is 0 Å². The number of anilines is 1. The molecule has 4 rings (SSSR count). The van der Waals surface area contributed by atoms with Crippen LogP contribution in [-0.4, -0.2) is 47.6 Å². The van der Waals surface area contributed by atoms with E-state index in [1.807, 2.05) is 23.6 Å². The maximum absolute atomic E-state index is 13.1. The fourth-order valence-corrected chi connectivity index (χ4v) is 4.65. The number of hydrogen-bond donors (Lipinski definition) is 1. The predicted octanol–water partition coefficient (Wildman–Crippen LogP) is 4.90. The van der Waals surface area contributed by atoms with E-state index in [0.717, 1.165) is 10.6 Å². The van der Waals surface area contributed by atoms with Crippen molar-refractivity contribution in [3.63, 3.8) is 0 Å². The summed E-state index contributed by atoms with van der Waals surface area (Å²) in [6.45, 7) is -0.0177. The van der Waals surface area contributed by atoms with Gasteiger partial charge in [-0.3, -0.25) is 14.5 Å². The number of hydrogen-bond acceptors (Lipinski definition) is 6. The van der Waals surface area contributed by atoms with Crippen LogP contribution in [0.1, 0.15) is 23.1 Å². The van der Waals surface area contributed by atoms with Gasteiger partial charge in [-0.1, -0.05) is 35.3 Å². The molecule has 1 aliphatic rings. The van der Waals surface area contributed by atoms with E-state index in [4.69, 9.17) is 27.6 Å². The third-order valence-electron chi connectivity index (χ3n) is 4.89. The third-order valence-corrected chi connectivity index (χ3v) is 6.44. The van der Waals surface area contributed by atoms with Gasteiger partial charge in [-0.25, -0.2) is 5.01 Å². The summed E-state index contributed by atoms with van der Waals surface area (Å²) in [6, 6.07) is 12.2. The van der Waals surface area contributed by atoms with Crippen LogP contribution < -0.4 is 5.32 Å². The first-order chi connectivity index (χ1) is 15.4. The number of thiophene rings is 1. The van der Waals surface area contributed by atoms with Crippen LogP contribution in [0.15, 0.2) is 63.6 Å². The number of carbonyl (C=O) groups excluding carboxylic acids is 2. The number of likely N-dealkylation sites (N-methyl/N-ethyl adjacent to an activating group) is 1. The summed E-state index contributed by atoms with van der Waals surface area (Å²) >= 11 is 13.8. The molecule has 0 fully saturated rings. The Morgan fingerprint density at radius 3 is 2.62 bits per heavy atom. The molecule has 1 N–H and O–H groups in total. The number of nitrogens with zero attached hydrogens (tertiary/aromatic N) is 3. The van der Waals surface area contributed by atoms with Gasteiger partial charge >= 0.3 is 0 Å². The Hall–Kier alpha value is -2.65. The lowest BCUT2D eigenvalue weighted by Crippen LogP contribution is -2.39. The fourth-order valence-electron chi connectivity index (χ4n) is 3.43. The molecule has 1 aromatic carbocycles. The van der Waals surface area contributed by atoms with E-state index in [2.05, 4.69) is 10.4 Å². The lowest BCUT2D eigenvalue weighted by molar-refractivity contribution is -0.134. The summed E-state index contributed by atoms with van der Waals surface area (Å²) in [5, 5.41) is 11.4. The Balaban J connectivity index is 1.42. The van der Waals surface area contributed by atoms with Gasteiger partial charge < -0.3 is 9.73 Å². The number of hydrazone groups is 1. The minimum Gasteiger partial charge on any atom is -0.467 e. The van der Waals surface area contributed by atoms with Crippen molar-refractivity contribution in [3.05, 3.63) is 74.8 Å². The number of carbonyl (C=O) groups is 2. The van der Waals surface area contributed by atoms with Crippen molar-refractivity contribution in [1.29, 1.82) is 0 Å². The Morgan fingerprint density at radius 1 is 1.19 bits per heavy atom. The predicted molar refractivity (Wildman–Crippen MR) is 126 cm³/mol. The second-order valence-electron chi connectivity index (χ2n) is 7.31. The number of amides is 2. The molecule has 1 unspecified atom stereocenters. The van der Waals surface area contributed by atoms with Crippen LogP contribution in [0.5, 0.6) is 0 Å². The van der Waals surface area contributed by atoms with Crippen LogP contribution in [0.25, 0.3) is 0 Å². The maximum atomic E-state index is 13.1. The van der Waals surface area contributed by atoms with Gasteiger partial charge in [0, 0.05) is 6.42 Å². The van der Waals surface area contributed by atoms with Gasteiger partial charge in [0.1, 0.15) is 11.8 Å². The molecule has 3 aromatic rings. The number of rotatable bonds is 7. The van der Waals surface area contributed by atoms with Gasteiger partial charge in [0.2, 0.25) is 5.91 Å². The second kappa shape index (κ2) is 9.87. The quantitative estimate of drug-likeness (QED) is 0.510. The normalized spacial score (nSPS) is 15.8. The van der Waals surface area contributed by atoms with Crippen LogP contribution >= 0.6 is 34.5 Å². The zero-order chi connectivity index (χ0) is 22.7. The summed E-state index contributed by atoms with van der Waals surface area (Å²) in [7, 11) is 1.69. The summed E-state index contributed by atoms with van der Waals surface area (Å²) in [5.74, 6) is 0.105. The Bertz CT molecular complexity index is 1110. The van der Waals surface area contributed by atoms with Crippen LogP contribution in [0.3, 0.4) is 0 Å². The molecular formula is C22H20Cl2N4O3S. The van der Waals surface area contributed by atoms with E-state index in [1.54, 1.807) is 53.8 Å². The molecular weight excluding hydrogens is 471 g/mol. The van der Waals surface area contributed by atoms with E-state index >= 15 is 0 Å². The van der Waals surface area contributed by atoms with Crippen molar-refractivity contribution < 1.29 is 14.0 Å². The fraction of sp³-hybridized carbons (Fsp3) is 0.227. The highest BCUT2D eigenvalue weighted by molar-refractivity contribution is 7.12. The molecule has 166 valence electrons. The van der Waals surface area contributed by atoms with E-state index in [0.29, 0.717) is 27.9 Å². The van der Waals surface area contributed by atoms with Crippen molar-refractivity contribution in [2.45, 2.75) is 12.5 Å². The van der Waals surface area contributed by atoms with Crippen molar-refractivity contribution in [3.8, 4) is 0 Å². The third kappa shape index (κ3) is 5.05. The molecule has 0 spiro atoms. The summed E-state index contributed by atoms with van der Waals surface area (Å²) in [5.41, 5.74) is 1.19. The standard InChI is InChI=1S/C22H20Cl2N4O3S/c1-27(12-20(29)25-22-14(23)5-2-6-15(22)24)13-21(30)28-17(18-7-3-9-31-18)11-16(26-28)19-8-4-10-32-19/h2-10,17H,11-13H2,1H3,(H,25,29). The number of benzene rings is 1. The van der Waals surface area contributed by atoms with E-state index in [1.165, 1.54) is 5.01 Å². The molecule has 7 nitrogen and oxygen atoms in total. The van der Waals surface area contributed by atoms with Gasteiger partial charge in [-0.05, 0) is 42.8 Å². The lowest BCUT2D eigenvalue weighted by atomic mass is 10.1. The molecule has 0 radical (unpaired) electrons. The molecule has 1 atom stereocenters. The average molecular weight is 491 g/mol. The minimum absolute atomic E-state index is 0.00209. The molecule has 2 amide bonds. The summed E-state index contributed by atoms with van der Waals surface area (Å²) in [6.07, 6.45) is 2.15. The van der Waals surface area contributed by atoms with Crippen LogP contribution in [0, 0.1) is 0 Å². The van der Waals surface area contributed by atoms with E-state index < -0.39 is 0 Å². The number of nitrogens with one attached hydrogen (secondary N) is 1. The SMILES string of the molecule is CN(CC(=O)Nc1c(Cl)cccc1Cl)CC(=O)N1N=C(c2cccs2)CC1c1ccco1. The highest BCUT2D eigenvalue weighted by atomic mass is 35.5. The number of furan rings is 1. The molecule has 32 heavy (non-hydrogen) atoms. The molecule has 0 saturated heterocycles. The molecule has 10 heteroatoms. The molecule has 1 aliphatic heterocycles. The number of para-hydroxylation sites is 1. The monoisotopic (exact) mass is 490 g/mol. The molecule has 0 saturated carbocycles. The van der Waals surface area contributed by atoms with Crippen molar-refractivity contribution in [1.82, 2.24) is 9.91 Å². The topological polar surface area (TPSA) is 78.2 Å². The van der Waals surface area contributed by atoms with Crippen LogP contribution in [0.4, 0.5) is 5.69 Å². The Kier molecular flexibility index (Phi) is 6.95.